The number of aliphatic hydroxyl groups is 1. The summed E-state index contributed by atoms with van der Waals surface area (Å²) in [5, 5.41) is 10.5. The van der Waals surface area contributed by atoms with Crippen molar-refractivity contribution in [2.24, 2.45) is 34.5 Å². The van der Waals surface area contributed by atoms with E-state index in [2.05, 4.69) is 20.8 Å². The summed E-state index contributed by atoms with van der Waals surface area (Å²) in [6.07, 6.45) is 9.40. The van der Waals surface area contributed by atoms with Gasteiger partial charge in [-0.3, -0.25) is 4.79 Å². The largest absolute Gasteiger partial charge is 0.393 e. The second-order valence-corrected chi connectivity index (χ2v) is 9.16. The van der Waals surface area contributed by atoms with Crippen LogP contribution in [-0.4, -0.2) is 17.0 Å². The van der Waals surface area contributed by atoms with Crippen LogP contribution in [0.2, 0.25) is 0 Å². The van der Waals surface area contributed by atoms with Gasteiger partial charge in [0.15, 0.2) is 5.78 Å². The van der Waals surface area contributed by atoms with Crippen molar-refractivity contribution in [2.75, 3.05) is 0 Å². The van der Waals surface area contributed by atoms with E-state index in [-0.39, 0.29) is 16.9 Å². The standard InChI is InChI=1S/C20H30O2/c1-12-10-13-11-14(21)6-8-19(13,2)16-7-9-20(3)15(18(12)16)4-5-17(20)22/h11-12,15-18,22H,4-10H2,1-3H3/t12-,15+,16+,17-,18+,19+,20+/m1/s1. The lowest BCUT2D eigenvalue weighted by molar-refractivity contribution is -0.119. The van der Waals surface area contributed by atoms with Crippen LogP contribution in [0.1, 0.15) is 65.7 Å². The molecule has 22 heavy (non-hydrogen) atoms. The van der Waals surface area contributed by atoms with Gasteiger partial charge in [-0.15, -0.1) is 0 Å². The number of fused-ring (bicyclic) bond motifs is 5. The van der Waals surface area contributed by atoms with Gasteiger partial charge < -0.3 is 5.11 Å². The maximum atomic E-state index is 11.9. The van der Waals surface area contributed by atoms with Crippen molar-refractivity contribution in [3.05, 3.63) is 11.6 Å². The lowest BCUT2D eigenvalue weighted by Crippen LogP contribution is -2.53. The summed E-state index contributed by atoms with van der Waals surface area (Å²) < 4.78 is 0. The van der Waals surface area contributed by atoms with Crippen molar-refractivity contribution in [1.82, 2.24) is 0 Å². The fourth-order valence-corrected chi connectivity index (χ4v) is 6.88. The molecule has 0 bridgehead atoms. The van der Waals surface area contributed by atoms with Gasteiger partial charge in [0.25, 0.3) is 0 Å². The Kier molecular flexibility index (Phi) is 3.18. The molecule has 0 spiro atoms. The lowest BCUT2D eigenvalue weighted by atomic mass is 9.45. The number of carbonyl (C=O) groups excluding carboxylic acids is 1. The van der Waals surface area contributed by atoms with Gasteiger partial charge in [0.1, 0.15) is 0 Å². The van der Waals surface area contributed by atoms with Crippen LogP contribution < -0.4 is 0 Å². The lowest BCUT2D eigenvalue weighted by Gasteiger charge is -2.59. The molecule has 0 aromatic heterocycles. The Bertz CT molecular complexity index is 536. The molecule has 3 fully saturated rings. The zero-order valence-corrected chi connectivity index (χ0v) is 14.3. The molecular weight excluding hydrogens is 272 g/mol. The molecule has 0 heterocycles. The quantitative estimate of drug-likeness (QED) is 0.730. The topological polar surface area (TPSA) is 37.3 Å². The average molecular weight is 302 g/mol. The van der Waals surface area contributed by atoms with Crippen molar-refractivity contribution in [1.29, 1.82) is 0 Å². The first-order valence-electron chi connectivity index (χ1n) is 9.28. The fraction of sp³-hybridized carbons (Fsp3) is 0.850. The maximum Gasteiger partial charge on any atom is 0.155 e. The van der Waals surface area contributed by atoms with E-state index in [0.29, 0.717) is 17.6 Å². The highest BCUT2D eigenvalue weighted by molar-refractivity contribution is 5.91. The molecule has 7 atom stereocenters. The molecule has 4 aliphatic carbocycles. The molecule has 1 N–H and O–H groups in total. The van der Waals surface area contributed by atoms with Crippen LogP contribution in [-0.2, 0) is 4.79 Å². The number of allylic oxidation sites excluding steroid dienone is 1. The van der Waals surface area contributed by atoms with Crippen LogP contribution in [0, 0.1) is 34.5 Å². The Balaban J connectivity index is 1.74. The van der Waals surface area contributed by atoms with Gasteiger partial charge in [-0.2, -0.15) is 0 Å². The van der Waals surface area contributed by atoms with Gasteiger partial charge in [0, 0.05) is 6.42 Å². The van der Waals surface area contributed by atoms with Gasteiger partial charge >= 0.3 is 0 Å². The van der Waals surface area contributed by atoms with Gasteiger partial charge in [-0.05, 0) is 79.1 Å². The van der Waals surface area contributed by atoms with Crippen LogP contribution in [0.4, 0.5) is 0 Å². The Morgan fingerprint density at radius 2 is 1.91 bits per heavy atom. The smallest absolute Gasteiger partial charge is 0.155 e. The molecule has 0 radical (unpaired) electrons. The number of carbonyl (C=O) groups is 1. The molecular formula is C20H30O2. The molecule has 122 valence electrons. The highest BCUT2D eigenvalue weighted by Gasteiger charge is 2.60. The molecule has 0 amide bonds. The van der Waals surface area contributed by atoms with Crippen LogP contribution in [0.5, 0.6) is 0 Å². The van der Waals surface area contributed by atoms with E-state index in [0.717, 1.165) is 37.5 Å². The molecule has 4 aliphatic rings. The molecule has 4 rings (SSSR count). The third-order valence-corrected chi connectivity index (χ3v) is 8.26. The summed E-state index contributed by atoms with van der Waals surface area (Å²) >= 11 is 0. The SMILES string of the molecule is C[C@@H]1CC2=CC(=O)CC[C@]2(C)[C@H]2CC[C@]3(C)[C@H](O)CC[C@H]3[C@H]12. The summed E-state index contributed by atoms with van der Waals surface area (Å²) in [7, 11) is 0. The first-order valence-corrected chi connectivity index (χ1v) is 9.28. The highest BCUT2D eigenvalue weighted by atomic mass is 16.3. The molecule has 3 saturated carbocycles. The Labute approximate surface area is 134 Å². The van der Waals surface area contributed by atoms with Crippen molar-refractivity contribution in [3.63, 3.8) is 0 Å². The third-order valence-electron chi connectivity index (χ3n) is 8.26. The van der Waals surface area contributed by atoms with Gasteiger partial charge in [0.05, 0.1) is 6.10 Å². The van der Waals surface area contributed by atoms with Crippen molar-refractivity contribution >= 4 is 5.78 Å². The number of ketones is 1. The molecule has 0 aromatic carbocycles. The van der Waals surface area contributed by atoms with Crippen LogP contribution >= 0.6 is 0 Å². The zero-order valence-electron chi connectivity index (χ0n) is 14.3. The van der Waals surface area contributed by atoms with Crippen molar-refractivity contribution in [2.45, 2.75) is 71.8 Å². The van der Waals surface area contributed by atoms with Crippen molar-refractivity contribution < 1.29 is 9.90 Å². The molecule has 2 heteroatoms. The number of aliphatic hydroxyl groups excluding tert-OH is 1. The van der Waals surface area contributed by atoms with Crippen LogP contribution in [0.15, 0.2) is 11.6 Å². The fourth-order valence-electron chi connectivity index (χ4n) is 6.88. The van der Waals surface area contributed by atoms with Gasteiger partial charge in [-0.25, -0.2) is 0 Å². The molecule has 0 aliphatic heterocycles. The summed E-state index contributed by atoms with van der Waals surface area (Å²) in [6, 6.07) is 0. The van der Waals surface area contributed by atoms with E-state index in [1.165, 1.54) is 24.8 Å². The zero-order chi connectivity index (χ0) is 15.7. The maximum absolute atomic E-state index is 11.9. The highest BCUT2D eigenvalue weighted by Crippen LogP contribution is 2.66. The number of hydrogen-bond acceptors (Lipinski definition) is 2. The average Bonchev–Trinajstić information content (AvgIpc) is 2.77. The van der Waals surface area contributed by atoms with Gasteiger partial charge in [-0.1, -0.05) is 26.3 Å². The Hall–Kier alpha value is -0.630. The number of rotatable bonds is 0. The van der Waals surface area contributed by atoms with E-state index < -0.39 is 0 Å². The van der Waals surface area contributed by atoms with E-state index in [4.69, 9.17) is 0 Å². The van der Waals surface area contributed by atoms with Crippen LogP contribution in [0.25, 0.3) is 0 Å². The summed E-state index contributed by atoms with van der Waals surface area (Å²) in [6.45, 7) is 7.17. The minimum Gasteiger partial charge on any atom is -0.393 e. The predicted molar refractivity (Wildman–Crippen MR) is 87.3 cm³/mol. The van der Waals surface area contributed by atoms with E-state index in [1.807, 2.05) is 6.08 Å². The summed E-state index contributed by atoms with van der Waals surface area (Å²) in [4.78, 5) is 11.9. The Morgan fingerprint density at radius 3 is 2.68 bits per heavy atom. The monoisotopic (exact) mass is 302 g/mol. The predicted octanol–water partition coefficient (Wildman–Crippen LogP) is 4.13. The first-order chi connectivity index (χ1) is 10.4. The normalized spacial score (nSPS) is 54.3. The minimum atomic E-state index is -0.0941. The second kappa shape index (κ2) is 4.69. The summed E-state index contributed by atoms with van der Waals surface area (Å²) in [5.41, 5.74) is 1.84. The minimum absolute atomic E-state index is 0.0941. The second-order valence-electron chi connectivity index (χ2n) is 9.16. The number of hydrogen-bond donors (Lipinski definition) is 1. The Morgan fingerprint density at radius 1 is 1.14 bits per heavy atom. The first kappa shape index (κ1) is 14.9. The molecule has 2 nitrogen and oxygen atoms in total. The molecule has 0 unspecified atom stereocenters. The summed E-state index contributed by atoms with van der Waals surface area (Å²) in [5.74, 6) is 3.15. The molecule has 0 saturated heterocycles. The van der Waals surface area contributed by atoms with E-state index >= 15 is 0 Å². The van der Waals surface area contributed by atoms with Crippen LogP contribution in [0.3, 0.4) is 0 Å². The van der Waals surface area contributed by atoms with E-state index in [9.17, 15) is 9.90 Å². The van der Waals surface area contributed by atoms with E-state index in [1.54, 1.807) is 0 Å². The van der Waals surface area contributed by atoms with Crippen molar-refractivity contribution in [3.8, 4) is 0 Å². The molecule has 0 aromatic rings. The van der Waals surface area contributed by atoms with Gasteiger partial charge in [0.2, 0.25) is 0 Å². The third kappa shape index (κ3) is 1.79.